The molecule has 32 heavy (non-hydrogen) atoms. The number of hydrogen-bond donors (Lipinski definition) is 2. The highest BCUT2D eigenvalue weighted by Crippen LogP contribution is 2.40. The van der Waals surface area contributed by atoms with Crippen LogP contribution in [0.25, 0.3) is 10.1 Å². The number of hydrogen-bond acceptors (Lipinski definition) is 6. The van der Waals surface area contributed by atoms with Crippen LogP contribution in [-0.2, 0) is 22.7 Å². The first-order valence-corrected chi connectivity index (χ1v) is 14.3. The number of rotatable bonds is 4. The van der Waals surface area contributed by atoms with Gasteiger partial charge in [-0.1, -0.05) is 29.8 Å². The number of aryl methyl sites for hydroxylation is 1. The third kappa shape index (κ3) is 4.07. The van der Waals surface area contributed by atoms with E-state index in [1.807, 2.05) is 24.3 Å². The van der Waals surface area contributed by atoms with E-state index in [0.717, 1.165) is 46.2 Å². The lowest BCUT2D eigenvalue weighted by Gasteiger charge is -2.15. The van der Waals surface area contributed by atoms with E-state index in [2.05, 4.69) is 10.6 Å². The maximum Gasteiger partial charge on any atom is 0.267 e. The molecule has 3 aromatic rings. The molecule has 1 aliphatic heterocycles. The summed E-state index contributed by atoms with van der Waals surface area (Å²) < 4.78 is 24.5. The first kappa shape index (κ1) is 21.9. The Kier molecular flexibility index (Phi) is 5.77. The second-order valence-electron chi connectivity index (χ2n) is 8.18. The predicted octanol–water partition coefficient (Wildman–Crippen LogP) is 4.66. The Bertz CT molecular complexity index is 1340. The number of sulfone groups is 1. The van der Waals surface area contributed by atoms with E-state index in [9.17, 15) is 18.0 Å². The minimum absolute atomic E-state index is 0.0375. The molecule has 0 saturated carbocycles. The molecule has 2 N–H and O–H groups in total. The molecular formula is C22H21ClN2O4S3. The SMILES string of the molecule is O=C(Nc1sc2c(c1C(=O)N[C@@H]1CCS(=O)(=O)C1)CCCC2)c1sc2ccccc2c1Cl. The molecule has 0 radical (unpaired) electrons. The molecule has 1 aromatic carbocycles. The molecule has 2 amide bonds. The molecule has 0 unspecified atom stereocenters. The van der Waals surface area contributed by atoms with Crippen LogP contribution in [0, 0.1) is 0 Å². The summed E-state index contributed by atoms with van der Waals surface area (Å²) in [4.78, 5) is 27.9. The summed E-state index contributed by atoms with van der Waals surface area (Å²) in [6.45, 7) is 0. The molecule has 3 heterocycles. The van der Waals surface area contributed by atoms with Gasteiger partial charge in [0, 0.05) is 21.0 Å². The lowest BCUT2D eigenvalue weighted by Crippen LogP contribution is -2.36. The fourth-order valence-corrected chi connectivity index (χ4v) is 8.75. The number of fused-ring (bicyclic) bond motifs is 2. The van der Waals surface area contributed by atoms with Crippen molar-refractivity contribution >= 4 is 71.0 Å². The van der Waals surface area contributed by atoms with E-state index in [1.165, 1.54) is 22.7 Å². The Morgan fingerprint density at radius 3 is 2.59 bits per heavy atom. The highest BCUT2D eigenvalue weighted by molar-refractivity contribution is 7.91. The van der Waals surface area contributed by atoms with Crippen molar-refractivity contribution in [1.29, 1.82) is 0 Å². The predicted molar refractivity (Wildman–Crippen MR) is 130 cm³/mol. The van der Waals surface area contributed by atoms with Gasteiger partial charge in [-0.15, -0.1) is 22.7 Å². The van der Waals surface area contributed by atoms with Crippen LogP contribution in [0.15, 0.2) is 24.3 Å². The van der Waals surface area contributed by atoms with Crippen molar-refractivity contribution < 1.29 is 18.0 Å². The molecule has 1 atom stereocenters. The number of nitrogens with one attached hydrogen (secondary N) is 2. The van der Waals surface area contributed by atoms with Crippen molar-refractivity contribution in [2.45, 2.75) is 38.1 Å². The number of carbonyl (C=O) groups excluding carboxylic acids is 2. The monoisotopic (exact) mass is 508 g/mol. The maximum atomic E-state index is 13.2. The van der Waals surface area contributed by atoms with E-state index in [-0.39, 0.29) is 23.3 Å². The minimum atomic E-state index is -3.11. The van der Waals surface area contributed by atoms with Crippen molar-refractivity contribution in [2.24, 2.45) is 0 Å². The number of anilines is 1. The highest BCUT2D eigenvalue weighted by atomic mass is 35.5. The molecule has 0 bridgehead atoms. The van der Waals surface area contributed by atoms with Crippen LogP contribution in [0.4, 0.5) is 5.00 Å². The summed E-state index contributed by atoms with van der Waals surface area (Å²) in [7, 11) is -3.11. The van der Waals surface area contributed by atoms with Gasteiger partial charge in [0.2, 0.25) is 0 Å². The highest BCUT2D eigenvalue weighted by Gasteiger charge is 2.32. The average molecular weight is 509 g/mol. The molecule has 0 spiro atoms. The summed E-state index contributed by atoms with van der Waals surface area (Å²) in [5.41, 5.74) is 1.44. The number of halogens is 1. The van der Waals surface area contributed by atoms with Gasteiger partial charge in [0.25, 0.3) is 11.8 Å². The van der Waals surface area contributed by atoms with Crippen molar-refractivity contribution in [3.8, 4) is 0 Å². The maximum absolute atomic E-state index is 13.2. The van der Waals surface area contributed by atoms with Gasteiger partial charge in [-0.25, -0.2) is 8.42 Å². The Balaban J connectivity index is 1.45. The molecule has 168 valence electrons. The summed E-state index contributed by atoms with van der Waals surface area (Å²) in [6, 6.07) is 7.18. The zero-order valence-corrected chi connectivity index (χ0v) is 20.3. The second-order valence-corrected chi connectivity index (χ2v) is 12.9. The number of thiophene rings is 2. The molecular weight excluding hydrogens is 488 g/mol. The van der Waals surface area contributed by atoms with Crippen LogP contribution in [0.1, 0.15) is 49.7 Å². The zero-order valence-electron chi connectivity index (χ0n) is 17.1. The van der Waals surface area contributed by atoms with Gasteiger partial charge >= 0.3 is 0 Å². The quantitative estimate of drug-likeness (QED) is 0.536. The summed E-state index contributed by atoms with van der Waals surface area (Å²) in [6.07, 6.45) is 4.09. The Labute approximate surface area is 198 Å². The van der Waals surface area contributed by atoms with Crippen molar-refractivity contribution in [2.75, 3.05) is 16.8 Å². The van der Waals surface area contributed by atoms with Gasteiger partial charge in [0.1, 0.15) is 9.88 Å². The van der Waals surface area contributed by atoms with E-state index in [4.69, 9.17) is 11.6 Å². The van der Waals surface area contributed by atoms with Crippen molar-refractivity contribution in [1.82, 2.24) is 5.32 Å². The molecule has 1 aliphatic carbocycles. The van der Waals surface area contributed by atoms with E-state index in [0.29, 0.717) is 26.9 Å². The van der Waals surface area contributed by atoms with Crippen molar-refractivity contribution in [3.05, 3.63) is 50.2 Å². The fraction of sp³-hybridized carbons (Fsp3) is 0.364. The van der Waals surface area contributed by atoms with Gasteiger partial charge in [-0.05, 0) is 43.7 Å². The normalized spacial score (nSPS) is 19.6. The molecule has 1 saturated heterocycles. The third-order valence-electron chi connectivity index (χ3n) is 5.93. The topological polar surface area (TPSA) is 92.3 Å². The van der Waals surface area contributed by atoms with Crippen LogP contribution in [0.5, 0.6) is 0 Å². The molecule has 10 heteroatoms. The van der Waals surface area contributed by atoms with Crippen molar-refractivity contribution in [3.63, 3.8) is 0 Å². The third-order valence-corrected chi connectivity index (χ3v) is 10.6. The first-order chi connectivity index (χ1) is 15.3. The van der Waals surface area contributed by atoms with Gasteiger partial charge in [0.15, 0.2) is 9.84 Å². The number of amides is 2. The lowest BCUT2D eigenvalue weighted by atomic mass is 9.95. The van der Waals surface area contributed by atoms with E-state index in [1.54, 1.807) is 0 Å². The Hall–Kier alpha value is -1.94. The van der Waals surface area contributed by atoms with Gasteiger partial charge < -0.3 is 10.6 Å². The fourth-order valence-electron chi connectivity index (χ4n) is 4.38. The Morgan fingerprint density at radius 2 is 1.84 bits per heavy atom. The molecule has 2 aliphatic rings. The van der Waals surface area contributed by atoms with Crippen LogP contribution < -0.4 is 10.6 Å². The number of benzene rings is 1. The molecule has 1 fully saturated rings. The van der Waals surface area contributed by atoms with E-state index < -0.39 is 15.9 Å². The molecule has 6 nitrogen and oxygen atoms in total. The molecule has 5 rings (SSSR count). The second kappa shape index (κ2) is 8.44. The summed E-state index contributed by atoms with van der Waals surface area (Å²) >= 11 is 9.23. The van der Waals surface area contributed by atoms with E-state index >= 15 is 0 Å². The van der Waals surface area contributed by atoms with Gasteiger partial charge in [-0.2, -0.15) is 0 Å². The largest absolute Gasteiger partial charge is 0.348 e. The summed E-state index contributed by atoms with van der Waals surface area (Å²) in [5, 5.41) is 7.57. The molecule has 2 aromatic heterocycles. The standard InChI is InChI=1S/C22H21ClN2O4S3/c23-18-14-6-2-4-8-16(14)30-19(18)21(27)25-22-17(13-5-1-3-7-15(13)31-22)20(26)24-12-9-10-32(28,29)11-12/h2,4,6,8,12H,1,3,5,7,9-11H2,(H,24,26)(H,25,27)/t12-/m1/s1. The number of carbonyl (C=O) groups is 2. The average Bonchev–Trinajstić information content (AvgIpc) is 3.40. The minimum Gasteiger partial charge on any atom is -0.348 e. The van der Waals surface area contributed by atoms with Gasteiger partial charge in [-0.3, -0.25) is 9.59 Å². The first-order valence-electron chi connectivity index (χ1n) is 10.5. The lowest BCUT2D eigenvalue weighted by molar-refractivity contribution is 0.0941. The smallest absolute Gasteiger partial charge is 0.267 e. The summed E-state index contributed by atoms with van der Waals surface area (Å²) in [5.74, 6) is -0.603. The van der Waals surface area contributed by atoms with Gasteiger partial charge in [0.05, 0.1) is 22.1 Å². The van der Waals surface area contributed by atoms with Crippen LogP contribution in [0.2, 0.25) is 5.02 Å². The van der Waals surface area contributed by atoms with Crippen LogP contribution in [-0.4, -0.2) is 37.8 Å². The Morgan fingerprint density at radius 1 is 1.06 bits per heavy atom. The zero-order chi connectivity index (χ0) is 22.5. The van der Waals surface area contributed by atoms with Crippen LogP contribution >= 0.6 is 34.3 Å². The van der Waals surface area contributed by atoms with Crippen LogP contribution in [0.3, 0.4) is 0 Å².